The SMILES string of the molecule is CCC#CCC1=CC2CCCC(C1)N2C(=O)OC(C)(C)C. The fourth-order valence-electron chi connectivity index (χ4n) is 3.15. The van der Waals surface area contributed by atoms with Gasteiger partial charge in [-0.05, 0) is 46.5 Å². The van der Waals surface area contributed by atoms with Gasteiger partial charge in [-0.2, -0.15) is 0 Å². The first-order chi connectivity index (χ1) is 9.90. The maximum absolute atomic E-state index is 12.4. The lowest BCUT2D eigenvalue weighted by molar-refractivity contribution is -0.00146. The molecule has 1 amide bonds. The number of carbonyl (C=O) groups excluding carboxylic acids is 1. The molecule has 0 saturated carbocycles. The molecule has 0 N–H and O–H groups in total. The molecule has 2 aliphatic heterocycles. The second-order valence-electron chi connectivity index (χ2n) is 6.95. The molecule has 0 aromatic carbocycles. The van der Waals surface area contributed by atoms with Crippen LogP contribution in [-0.4, -0.2) is 28.7 Å². The topological polar surface area (TPSA) is 29.5 Å². The van der Waals surface area contributed by atoms with Gasteiger partial charge in [-0.3, -0.25) is 4.90 Å². The Morgan fingerprint density at radius 1 is 1.38 bits per heavy atom. The van der Waals surface area contributed by atoms with Crippen LogP contribution in [0.1, 0.15) is 66.2 Å². The number of piperidine rings is 1. The molecule has 0 aliphatic carbocycles. The van der Waals surface area contributed by atoms with Crippen LogP contribution in [0.4, 0.5) is 4.79 Å². The molecule has 3 heteroatoms. The van der Waals surface area contributed by atoms with E-state index in [0.717, 1.165) is 32.1 Å². The lowest BCUT2D eigenvalue weighted by Crippen LogP contribution is -2.53. The molecular formula is C18H27NO2. The predicted molar refractivity (Wildman–Crippen MR) is 84.9 cm³/mol. The van der Waals surface area contributed by atoms with E-state index >= 15 is 0 Å². The highest BCUT2D eigenvalue weighted by molar-refractivity contribution is 5.70. The zero-order valence-electron chi connectivity index (χ0n) is 13.7. The molecule has 0 aromatic heterocycles. The van der Waals surface area contributed by atoms with E-state index in [0.29, 0.717) is 6.04 Å². The Morgan fingerprint density at radius 3 is 2.76 bits per heavy atom. The van der Waals surface area contributed by atoms with E-state index in [4.69, 9.17) is 4.74 Å². The summed E-state index contributed by atoms with van der Waals surface area (Å²) in [5.41, 5.74) is 0.965. The van der Waals surface area contributed by atoms with Crippen LogP contribution in [0.25, 0.3) is 0 Å². The normalized spacial score (nSPS) is 24.8. The van der Waals surface area contributed by atoms with Crippen molar-refractivity contribution >= 4 is 6.09 Å². The monoisotopic (exact) mass is 289 g/mol. The Morgan fingerprint density at radius 2 is 2.14 bits per heavy atom. The number of hydrogen-bond donors (Lipinski definition) is 0. The van der Waals surface area contributed by atoms with E-state index in [-0.39, 0.29) is 12.1 Å². The highest BCUT2D eigenvalue weighted by Gasteiger charge is 2.38. The summed E-state index contributed by atoms with van der Waals surface area (Å²) in [4.78, 5) is 14.4. The number of ether oxygens (including phenoxy) is 1. The van der Waals surface area contributed by atoms with Crippen LogP contribution >= 0.6 is 0 Å². The Labute approximate surface area is 128 Å². The van der Waals surface area contributed by atoms with Crippen molar-refractivity contribution in [2.75, 3.05) is 0 Å². The van der Waals surface area contributed by atoms with Crippen molar-refractivity contribution in [3.05, 3.63) is 11.6 Å². The van der Waals surface area contributed by atoms with Gasteiger partial charge in [0.15, 0.2) is 0 Å². The number of nitrogens with zero attached hydrogens (tertiary/aromatic N) is 1. The van der Waals surface area contributed by atoms with Crippen molar-refractivity contribution in [2.24, 2.45) is 0 Å². The van der Waals surface area contributed by atoms with Crippen molar-refractivity contribution in [3.63, 3.8) is 0 Å². The van der Waals surface area contributed by atoms with E-state index in [1.165, 1.54) is 12.0 Å². The first kappa shape index (κ1) is 15.9. The average molecular weight is 289 g/mol. The summed E-state index contributed by atoms with van der Waals surface area (Å²) >= 11 is 0. The minimum absolute atomic E-state index is 0.160. The van der Waals surface area contributed by atoms with Crippen LogP contribution in [-0.2, 0) is 4.74 Å². The third-order valence-corrected chi connectivity index (χ3v) is 3.94. The quantitative estimate of drug-likeness (QED) is 0.532. The predicted octanol–water partition coefficient (Wildman–Crippen LogP) is 4.28. The maximum Gasteiger partial charge on any atom is 0.411 e. The lowest BCUT2D eigenvalue weighted by Gasteiger charge is -2.45. The average Bonchev–Trinajstić information content (AvgIpc) is 2.35. The summed E-state index contributed by atoms with van der Waals surface area (Å²) in [6.07, 6.45) is 8.12. The zero-order chi connectivity index (χ0) is 15.5. The van der Waals surface area contributed by atoms with Gasteiger partial charge in [-0.15, -0.1) is 5.92 Å². The van der Waals surface area contributed by atoms with E-state index in [2.05, 4.69) is 24.8 Å². The van der Waals surface area contributed by atoms with Gasteiger partial charge in [-0.25, -0.2) is 4.79 Å². The Hall–Kier alpha value is -1.43. The second kappa shape index (κ2) is 6.56. The molecule has 2 unspecified atom stereocenters. The van der Waals surface area contributed by atoms with Crippen molar-refractivity contribution in [1.29, 1.82) is 0 Å². The summed E-state index contributed by atoms with van der Waals surface area (Å²) in [5, 5.41) is 0. The van der Waals surface area contributed by atoms with E-state index in [1.54, 1.807) is 0 Å². The molecule has 0 radical (unpaired) electrons. The van der Waals surface area contributed by atoms with Gasteiger partial charge in [0.2, 0.25) is 0 Å². The van der Waals surface area contributed by atoms with Gasteiger partial charge in [0.05, 0.1) is 6.04 Å². The standard InChI is InChI=1S/C18H27NO2/c1-5-6-7-9-14-12-15-10-8-11-16(13-14)19(15)17(20)21-18(2,3)4/h12,15-16H,5,8-11,13H2,1-4H3. The molecule has 2 bridgehead atoms. The van der Waals surface area contributed by atoms with Crippen LogP contribution < -0.4 is 0 Å². The van der Waals surface area contributed by atoms with Gasteiger partial charge >= 0.3 is 6.09 Å². The molecule has 2 atom stereocenters. The van der Waals surface area contributed by atoms with Crippen molar-refractivity contribution in [2.45, 2.75) is 83.9 Å². The summed E-state index contributed by atoms with van der Waals surface area (Å²) in [6.45, 7) is 7.84. The van der Waals surface area contributed by atoms with E-state index in [1.807, 2.05) is 25.7 Å². The molecule has 116 valence electrons. The zero-order valence-corrected chi connectivity index (χ0v) is 13.7. The van der Waals surface area contributed by atoms with Gasteiger partial charge in [-0.1, -0.05) is 24.5 Å². The van der Waals surface area contributed by atoms with Crippen molar-refractivity contribution in [3.8, 4) is 11.8 Å². The van der Waals surface area contributed by atoms with E-state index in [9.17, 15) is 4.79 Å². The smallest absolute Gasteiger partial charge is 0.411 e. The van der Waals surface area contributed by atoms with Crippen molar-refractivity contribution < 1.29 is 9.53 Å². The Bertz CT molecular complexity index is 476. The van der Waals surface area contributed by atoms with Crippen LogP contribution in [0, 0.1) is 11.8 Å². The minimum Gasteiger partial charge on any atom is -0.444 e. The Kier molecular flexibility index (Phi) is 4.98. The Balaban J connectivity index is 2.10. The molecule has 3 nitrogen and oxygen atoms in total. The molecule has 1 saturated heterocycles. The molecular weight excluding hydrogens is 262 g/mol. The van der Waals surface area contributed by atoms with E-state index < -0.39 is 5.60 Å². The number of amides is 1. The third-order valence-electron chi connectivity index (χ3n) is 3.94. The first-order valence-corrected chi connectivity index (χ1v) is 8.07. The minimum atomic E-state index is -0.429. The molecule has 1 fully saturated rings. The second-order valence-corrected chi connectivity index (χ2v) is 6.95. The van der Waals surface area contributed by atoms with Crippen LogP contribution in [0.5, 0.6) is 0 Å². The van der Waals surface area contributed by atoms with Crippen LogP contribution in [0.3, 0.4) is 0 Å². The molecule has 2 heterocycles. The molecule has 2 aliphatic rings. The summed E-state index contributed by atoms with van der Waals surface area (Å²) in [5.74, 6) is 6.35. The first-order valence-electron chi connectivity index (χ1n) is 8.07. The fraction of sp³-hybridized carbons (Fsp3) is 0.722. The van der Waals surface area contributed by atoms with Crippen molar-refractivity contribution in [1.82, 2.24) is 4.90 Å². The van der Waals surface area contributed by atoms with Gasteiger partial charge in [0.25, 0.3) is 0 Å². The molecule has 2 rings (SSSR count). The van der Waals surface area contributed by atoms with Gasteiger partial charge < -0.3 is 4.74 Å². The lowest BCUT2D eigenvalue weighted by atomic mass is 9.84. The fourth-order valence-corrected chi connectivity index (χ4v) is 3.15. The highest BCUT2D eigenvalue weighted by atomic mass is 16.6. The number of hydrogen-bond acceptors (Lipinski definition) is 2. The van der Waals surface area contributed by atoms with Gasteiger partial charge in [0.1, 0.15) is 5.60 Å². The van der Waals surface area contributed by atoms with Crippen LogP contribution in [0.2, 0.25) is 0 Å². The summed E-state index contributed by atoms with van der Waals surface area (Å²) in [7, 11) is 0. The summed E-state index contributed by atoms with van der Waals surface area (Å²) < 4.78 is 5.58. The largest absolute Gasteiger partial charge is 0.444 e. The van der Waals surface area contributed by atoms with Crippen LogP contribution in [0.15, 0.2) is 11.6 Å². The molecule has 0 aromatic rings. The number of fused-ring (bicyclic) bond motifs is 2. The highest BCUT2D eigenvalue weighted by Crippen LogP contribution is 2.35. The maximum atomic E-state index is 12.4. The third kappa shape index (κ3) is 4.27. The summed E-state index contributed by atoms with van der Waals surface area (Å²) in [6, 6.07) is 0.493. The number of rotatable bonds is 1. The number of carbonyl (C=O) groups is 1. The molecule has 21 heavy (non-hydrogen) atoms. The molecule has 0 spiro atoms. The van der Waals surface area contributed by atoms with Gasteiger partial charge in [0, 0.05) is 18.9 Å².